The van der Waals surface area contributed by atoms with Crippen molar-refractivity contribution in [2.24, 2.45) is 5.41 Å². The fraction of sp³-hybridized carbons (Fsp3) is 0.333. The number of allylic oxidation sites excluding steroid dienone is 2. The van der Waals surface area contributed by atoms with Crippen LogP contribution in [0.3, 0.4) is 0 Å². The van der Waals surface area contributed by atoms with Crippen molar-refractivity contribution in [2.45, 2.75) is 38.6 Å². The Labute approximate surface area is 186 Å². The first kappa shape index (κ1) is 22.6. The van der Waals surface area contributed by atoms with Crippen LogP contribution in [0.2, 0.25) is 5.02 Å². The molecule has 3 unspecified atom stereocenters. The van der Waals surface area contributed by atoms with Gasteiger partial charge in [0.1, 0.15) is 11.6 Å². The minimum absolute atomic E-state index is 0.106. The zero-order valence-corrected chi connectivity index (χ0v) is 18.3. The van der Waals surface area contributed by atoms with Gasteiger partial charge in [-0.05, 0) is 48.7 Å². The van der Waals surface area contributed by atoms with Gasteiger partial charge in [-0.15, -0.1) is 0 Å². The summed E-state index contributed by atoms with van der Waals surface area (Å²) in [5, 5.41) is 23.8. The number of benzene rings is 2. The van der Waals surface area contributed by atoms with E-state index in [1.165, 1.54) is 12.1 Å². The van der Waals surface area contributed by atoms with Crippen molar-refractivity contribution in [3.63, 3.8) is 0 Å². The number of halogens is 2. The standard InChI is InChI=1S/C24H24ClFN2O3/c1-4-24(23(29)30)14(2)28-21(11-15-5-8-17(31-3)9-6-15)19(13-27)22(24)18-10-7-16(26)12-20(18)25/h5-10,12,14,22,28H,4,11H2,1-3H3,(H,29,30). The molecule has 0 radical (unpaired) electrons. The average Bonchev–Trinajstić information content (AvgIpc) is 2.74. The molecule has 1 heterocycles. The number of nitrogens with zero attached hydrogens (tertiary/aromatic N) is 1. The second-order valence-electron chi connectivity index (χ2n) is 7.69. The molecule has 3 atom stereocenters. The second kappa shape index (κ2) is 8.99. The number of hydrogen-bond acceptors (Lipinski definition) is 4. The van der Waals surface area contributed by atoms with Gasteiger partial charge in [0.05, 0.1) is 24.2 Å². The molecular weight excluding hydrogens is 419 g/mol. The van der Waals surface area contributed by atoms with Crippen molar-refractivity contribution in [1.82, 2.24) is 5.32 Å². The number of nitriles is 1. The number of ether oxygens (including phenoxy) is 1. The Hall–Kier alpha value is -3.04. The van der Waals surface area contributed by atoms with Crippen molar-refractivity contribution in [3.05, 3.63) is 75.7 Å². The van der Waals surface area contributed by atoms with E-state index in [9.17, 15) is 19.6 Å². The highest BCUT2D eigenvalue weighted by atomic mass is 35.5. The van der Waals surface area contributed by atoms with Gasteiger partial charge in [-0.3, -0.25) is 4.79 Å². The summed E-state index contributed by atoms with van der Waals surface area (Å²) in [6.07, 6.45) is 0.668. The maximum absolute atomic E-state index is 13.7. The molecule has 7 heteroatoms. The molecule has 1 aliphatic heterocycles. The van der Waals surface area contributed by atoms with Crippen molar-refractivity contribution < 1.29 is 19.0 Å². The third-order valence-corrected chi connectivity index (χ3v) is 6.54. The van der Waals surface area contributed by atoms with Crippen LogP contribution in [-0.2, 0) is 11.2 Å². The molecule has 1 aliphatic rings. The molecule has 2 aromatic carbocycles. The van der Waals surface area contributed by atoms with Crippen LogP contribution in [0.4, 0.5) is 4.39 Å². The Morgan fingerprint density at radius 1 is 1.32 bits per heavy atom. The number of aliphatic carboxylic acids is 1. The monoisotopic (exact) mass is 442 g/mol. The van der Waals surface area contributed by atoms with Crippen LogP contribution < -0.4 is 10.1 Å². The van der Waals surface area contributed by atoms with Gasteiger partial charge < -0.3 is 15.2 Å². The smallest absolute Gasteiger partial charge is 0.312 e. The van der Waals surface area contributed by atoms with Gasteiger partial charge in [0.25, 0.3) is 0 Å². The van der Waals surface area contributed by atoms with E-state index in [0.29, 0.717) is 23.3 Å². The summed E-state index contributed by atoms with van der Waals surface area (Å²) in [4.78, 5) is 12.6. The van der Waals surface area contributed by atoms with Crippen molar-refractivity contribution in [1.29, 1.82) is 5.26 Å². The maximum Gasteiger partial charge on any atom is 0.312 e. The topological polar surface area (TPSA) is 82.3 Å². The number of methoxy groups -OCH3 is 1. The fourth-order valence-electron chi connectivity index (χ4n) is 4.51. The van der Waals surface area contributed by atoms with Gasteiger partial charge in [-0.2, -0.15) is 5.26 Å². The molecule has 2 aromatic rings. The van der Waals surface area contributed by atoms with Crippen molar-refractivity contribution in [2.75, 3.05) is 7.11 Å². The lowest BCUT2D eigenvalue weighted by Gasteiger charge is -2.46. The van der Waals surface area contributed by atoms with Crippen LogP contribution in [0.1, 0.15) is 37.3 Å². The third kappa shape index (κ3) is 3.98. The number of rotatable bonds is 6. The number of carbonyl (C=O) groups is 1. The molecule has 0 saturated carbocycles. The fourth-order valence-corrected chi connectivity index (χ4v) is 4.79. The Balaban J connectivity index is 2.20. The van der Waals surface area contributed by atoms with E-state index in [1.54, 1.807) is 21.0 Å². The van der Waals surface area contributed by atoms with E-state index in [-0.39, 0.29) is 11.4 Å². The van der Waals surface area contributed by atoms with Crippen molar-refractivity contribution >= 4 is 17.6 Å². The van der Waals surface area contributed by atoms with Crippen molar-refractivity contribution in [3.8, 4) is 11.8 Å². The zero-order valence-electron chi connectivity index (χ0n) is 17.6. The summed E-state index contributed by atoms with van der Waals surface area (Å²) in [6, 6.07) is 13.1. The zero-order chi connectivity index (χ0) is 22.8. The lowest BCUT2D eigenvalue weighted by molar-refractivity contribution is -0.152. The Bertz CT molecular complexity index is 1060. The Morgan fingerprint density at radius 2 is 2.00 bits per heavy atom. The minimum Gasteiger partial charge on any atom is -0.497 e. The highest BCUT2D eigenvalue weighted by Gasteiger charge is 2.54. The maximum atomic E-state index is 13.7. The quantitative estimate of drug-likeness (QED) is 0.653. The van der Waals surface area contributed by atoms with Gasteiger partial charge in [0.2, 0.25) is 0 Å². The number of hydrogen-bond donors (Lipinski definition) is 2. The molecule has 5 nitrogen and oxygen atoms in total. The Morgan fingerprint density at radius 3 is 2.52 bits per heavy atom. The molecule has 0 spiro atoms. The SMILES string of the molecule is CCC1(C(=O)O)C(C)NC(Cc2ccc(OC)cc2)=C(C#N)C1c1ccc(F)cc1Cl. The van der Waals surface area contributed by atoms with E-state index >= 15 is 0 Å². The molecule has 162 valence electrons. The van der Waals surface area contributed by atoms with Gasteiger partial charge >= 0.3 is 5.97 Å². The normalized spacial score (nSPS) is 23.1. The molecule has 2 N–H and O–H groups in total. The third-order valence-electron chi connectivity index (χ3n) is 6.21. The molecule has 0 bridgehead atoms. The van der Waals surface area contributed by atoms with Crippen LogP contribution in [0, 0.1) is 22.6 Å². The summed E-state index contributed by atoms with van der Waals surface area (Å²) >= 11 is 6.36. The molecule has 0 amide bonds. The molecule has 3 rings (SSSR count). The van der Waals surface area contributed by atoms with Crippen LogP contribution in [0.5, 0.6) is 5.75 Å². The van der Waals surface area contributed by atoms with Gasteiger partial charge in [-0.25, -0.2) is 4.39 Å². The highest BCUT2D eigenvalue weighted by Crippen LogP contribution is 2.51. The second-order valence-corrected chi connectivity index (χ2v) is 8.10. The Kier molecular flexibility index (Phi) is 6.56. The largest absolute Gasteiger partial charge is 0.497 e. The summed E-state index contributed by atoms with van der Waals surface area (Å²) in [5.74, 6) is -1.65. The van der Waals surface area contributed by atoms with Gasteiger partial charge in [0, 0.05) is 29.1 Å². The van der Waals surface area contributed by atoms with Crippen LogP contribution >= 0.6 is 11.6 Å². The molecule has 31 heavy (non-hydrogen) atoms. The lowest BCUT2D eigenvalue weighted by Crippen LogP contribution is -2.55. The van der Waals surface area contributed by atoms with E-state index < -0.39 is 29.2 Å². The van der Waals surface area contributed by atoms with Crippen LogP contribution in [-0.4, -0.2) is 24.2 Å². The lowest BCUT2D eigenvalue weighted by atomic mass is 9.61. The number of carboxylic acids is 1. The minimum atomic E-state index is -1.32. The summed E-state index contributed by atoms with van der Waals surface area (Å²) in [5.41, 5.74) is 0.981. The molecule has 0 fully saturated rings. The summed E-state index contributed by atoms with van der Waals surface area (Å²) in [7, 11) is 1.59. The summed E-state index contributed by atoms with van der Waals surface area (Å²) < 4.78 is 18.9. The van der Waals surface area contributed by atoms with Gasteiger partial charge in [-0.1, -0.05) is 36.7 Å². The predicted molar refractivity (Wildman–Crippen MR) is 116 cm³/mol. The van der Waals surface area contributed by atoms with E-state index in [0.717, 1.165) is 17.4 Å². The first-order valence-electron chi connectivity index (χ1n) is 9.99. The van der Waals surface area contributed by atoms with E-state index in [2.05, 4.69) is 11.4 Å². The number of nitrogens with one attached hydrogen (secondary N) is 1. The van der Waals surface area contributed by atoms with Crippen LogP contribution in [0.25, 0.3) is 0 Å². The first-order valence-corrected chi connectivity index (χ1v) is 10.4. The van der Waals surface area contributed by atoms with E-state index in [1.807, 2.05) is 24.3 Å². The molecule has 0 aliphatic carbocycles. The highest BCUT2D eigenvalue weighted by molar-refractivity contribution is 6.31. The first-order chi connectivity index (χ1) is 14.8. The van der Waals surface area contributed by atoms with E-state index in [4.69, 9.17) is 16.3 Å². The van der Waals surface area contributed by atoms with Crippen LogP contribution in [0.15, 0.2) is 53.7 Å². The molecular formula is C24H24ClFN2O3. The molecule has 0 saturated heterocycles. The summed E-state index contributed by atoms with van der Waals surface area (Å²) in [6.45, 7) is 3.57. The van der Waals surface area contributed by atoms with Gasteiger partial charge in [0.15, 0.2) is 0 Å². The molecule has 0 aromatic heterocycles. The number of carboxylic acid groups (broad SMARTS) is 1. The average molecular weight is 443 g/mol. The predicted octanol–water partition coefficient (Wildman–Crippen LogP) is 5.06.